The molecule has 0 spiro atoms. The minimum Gasteiger partial charge on any atom is -0.462 e. The van der Waals surface area contributed by atoms with E-state index in [1.54, 1.807) is 0 Å². The molecule has 0 fully saturated rings. The molecule has 1 atom stereocenters. The van der Waals surface area contributed by atoms with Gasteiger partial charge in [0.1, 0.15) is 6.61 Å². The highest BCUT2D eigenvalue weighted by Crippen LogP contribution is 2.15. The van der Waals surface area contributed by atoms with Crippen molar-refractivity contribution in [2.75, 3.05) is 19.8 Å². The lowest BCUT2D eigenvalue weighted by Gasteiger charge is -2.18. The van der Waals surface area contributed by atoms with Gasteiger partial charge in [-0.2, -0.15) is 0 Å². The summed E-state index contributed by atoms with van der Waals surface area (Å²) in [4.78, 5) is 25.2. The Kier molecular flexibility index (Phi) is 48.4. The van der Waals surface area contributed by atoms with Crippen LogP contribution in [0.1, 0.15) is 278 Å². The average molecular weight is 817 g/mol. The topological polar surface area (TPSA) is 61.8 Å². The highest BCUT2D eigenvalue weighted by molar-refractivity contribution is 5.70. The summed E-state index contributed by atoms with van der Waals surface area (Å²) in [5.74, 6) is -0.396. The van der Waals surface area contributed by atoms with Gasteiger partial charge in [-0.15, -0.1) is 0 Å². The second-order valence-corrected chi connectivity index (χ2v) is 17.4. The summed E-state index contributed by atoms with van der Waals surface area (Å²) in [6.45, 7) is 7.82. The molecule has 342 valence electrons. The molecule has 0 saturated carbocycles. The van der Waals surface area contributed by atoms with Crippen molar-refractivity contribution >= 4 is 11.9 Å². The van der Waals surface area contributed by atoms with Crippen LogP contribution in [0.4, 0.5) is 0 Å². The van der Waals surface area contributed by atoms with Gasteiger partial charge < -0.3 is 14.2 Å². The second-order valence-electron chi connectivity index (χ2n) is 17.4. The van der Waals surface area contributed by atoms with Crippen LogP contribution < -0.4 is 0 Å². The Labute approximate surface area is 362 Å². The molecule has 0 bridgehead atoms. The van der Waals surface area contributed by atoms with E-state index in [4.69, 9.17) is 14.2 Å². The molecule has 58 heavy (non-hydrogen) atoms. The Morgan fingerprint density at radius 2 is 0.672 bits per heavy atom. The lowest BCUT2D eigenvalue weighted by Crippen LogP contribution is -2.30. The molecule has 0 radical (unpaired) electrons. The molecule has 5 nitrogen and oxygen atoms in total. The molecule has 0 rings (SSSR count). The Balaban J connectivity index is 4.08. The quantitative estimate of drug-likeness (QED) is 0.0348. The summed E-state index contributed by atoms with van der Waals surface area (Å²) < 4.78 is 17.3. The lowest BCUT2D eigenvalue weighted by atomic mass is 10.1. The molecular formula is C53H100O5. The average Bonchev–Trinajstić information content (AvgIpc) is 3.22. The molecule has 0 N–H and O–H groups in total. The highest BCUT2D eigenvalue weighted by Gasteiger charge is 2.17. The van der Waals surface area contributed by atoms with Crippen LogP contribution in [0.15, 0.2) is 24.3 Å². The maximum Gasteiger partial charge on any atom is 0.306 e. The van der Waals surface area contributed by atoms with E-state index in [-0.39, 0.29) is 18.5 Å². The summed E-state index contributed by atoms with van der Waals surface area (Å²) in [5.41, 5.74) is 0. The van der Waals surface area contributed by atoms with Crippen molar-refractivity contribution in [3.63, 3.8) is 0 Å². The first-order valence-corrected chi connectivity index (χ1v) is 25.9. The second kappa shape index (κ2) is 49.7. The van der Waals surface area contributed by atoms with Gasteiger partial charge in [0.15, 0.2) is 6.10 Å². The zero-order chi connectivity index (χ0) is 42.1. The van der Waals surface area contributed by atoms with Crippen molar-refractivity contribution in [1.29, 1.82) is 0 Å². The minimum absolute atomic E-state index is 0.0872. The fourth-order valence-corrected chi connectivity index (χ4v) is 7.56. The monoisotopic (exact) mass is 817 g/mol. The number of hydrogen-bond acceptors (Lipinski definition) is 5. The van der Waals surface area contributed by atoms with Crippen molar-refractivity contribution in [3.8, 4) is 0 Å². The molecule has 0 aliphatic heterocycles. The van der Waals surface area contributed by atoms with Crippen LogP contribution in [0.5, 0.6) is 0 Å². The number of carbonyl (C=O) groups is 2. The van der Waals surface area contributed by atoms with Crippen LogP contribution in [0.2, 0.25) is 0 Å². The van der Waals surface area contributed by atoms with Crippen LogP contribution >= 0.6 is 0 Å². The normalized spacial score (nSPS) is 12.3. The standard InChI is InChI=1S/C53H100O5/c1-4-7-10-13-16-18-20-22-24-26-28-30-32-34-36-39-42-45-48-56-49-51(58-53(55)47-44-41-37-15-12-9-6-3)50-57-52(54)46-43-40-38-35-33-31-29-27-25-23-21-19-17-14-11-8-5-2/h22-25,51H,4-21,26-50H2,1-3H3/b24-22-,25-23-. The van der Waals surface area contributed by atoms with Gasteiger partial charge in [-0.05, 0) is 70.6 Å². The highest BCUT2D eigenvalue weighted by atomic mass is 16.6. The lowest BCUT2D eigenvalue weighted by molar-refractivity contribution is -0.163. The summed E-state index contributed by atoms with van der Waals surface area (Å²) >= 11 is 0. The Morgan fingerprint density at radius 1 is 0.362 bits per heavy atom. The maximum absolute atomic E-state index is 12.7. The third-order valence-corrected chi connectivity index (χ3v) is 11.5. The molecule has 0 amide bonds. The summed E-state index contributed by atoms with van der Waals surface area (Å²) in [5, 5.41) is 0. The fourth-order valence-electron chi connectivity index (χ4n) is 7.56. The van der Waals surface area contributed by atoms with Gasteiger partial charge in [-0.3, -0.25) is 9.59 Å². The van der Waals surface area contributed by atoms with Crippen LogP contribution in [0.25, 0.3) is 0 Å². The van der Waals surface area contributed by atoms with E-state index in [1.165, 1.54) is 205 Å². The molecule has 0 saturated heterocycles. The molecular weight excluding hydrogens is 717 g/mol. The first kappa shape index (κ1) is 56.4. The Hall–Kier alpha value is -1.62. The molecule has 5 heteroatoms. The molecule has 0 heterocycles. The largest absolute Gasteiger partial charge is 0.462 e. The number of esters is 2. The summed E-state index contributed by atoms with van der Waals surface area (Å²) in [7, 11) is 0. The van der Waals surface area contributed by atoms with E-state index in [1.807, 2.05) is 0 Å². The summed E-state index contributed by atoms with van der Waals surface area (Å²) in [6.07, 6.45) is 57.7. The number of hydrogen-bond donors (Lipinski definition) is 0. The van der Waals surface area contributed by atoms with Gasteiger partial charge in [0.25, 0.3) is 0 Å². The van der Waals surface area contributed by atoms with Crippen molar-refractivity contribution in [3.05, 3.63) is 24.3 Å². The zero-order valence-corrected chi connectivity index (χ0v) is 39.3. The molecule has 0 aromatic carbocycles. The van der Waals surface area contributed by atoms with Crippen LogP contribution in [-0.4, -0.2) is 37.9 Å². The van der Waals surface area contributed by atoms with E-state index >= 15 is 0 Å². The van der Waals surface area contributed by atoms with E-state index in [0.29, 0.717) is 26.1 Å². The van der Waals surface area contributed by atoms with Gasteiger partial charge in [-0.1, -0.05) is 218 Å². The molecule has 0 aliphatic carbocycles. The van der Waals surface area contributed by atoms with Gasteiger partial charge in [0.05, 0.1) is 6.61 Å². The number of rotatable bonds is 48. The number of unbranched alkanes of at least 4 members (excludes halogenated alkanes) is 33. The van der Waals surface area contributed by atoms with Gasteiger partial charge >= 0.3 is 11.9 Å². The van der Waals surface area contributed by atoms with Gasteiger partial charge in [0, 0.05) is 19.4 Å². The fraction of sp³-hybridized carbons (Fsp3) is 0.887. The van der Waals surface area contributed by atoms with Crippen molar-refractivity contribution in [1.82, 2.24) is 0 Å². The van der Waals surface area contributed by atoms with E-state index in [2.05, 4.69) is 45.1 Å². The Morgan fingerprint density at radius 3 is 1.05 bits per heavy atom. The third-order valence-electron chi connectivity index (χ3n) is 11.5. The Bertz CT molecular complexity index is 882. The van der Waals surface area contributed by atoms with E-state index in [9.17, 15) is 9.59 Å². The number of ether oxygens (including phenoxy) is 3. The van der Waals surface area contributed by atoms with Crippen LogP contribution in [0, 0.1) is 0 Å². The van der Waals surface area contributed by atoms with Crippen molar-refractivity contribution < 1.29 is 23.8 Å². The predicted octanol–water partition coefficient (Wildman–Crippen LogP) is 17.2. The van der Waals surface area contributed by atoms with Gasteiger partial charge in [-0.25, -0.2) is 0 Å². The van der Waals surface area contributed by atoms with E-state index in [0.717, 1.165) is 38.5 Å². The molecule has 0 aromatic heterocycles. The van der Waals surface area contributed by atoms with Gasteiger partial charge in [0.2, 0.25) is 0 Å². The smallest absolute Gasteiger partial charge is 0.306 e. The first-order chi connectivity index (χ1) is 28.6. The molecule has 0 aliphatic rings. The van der Waals surface area contributed by atoms with Crippen molar-refractivity contribution in [2.45, 2.75) is 284 Å². The van der Waals surface area contributed by atoms with E-state index < -0.39 is 6.10 Å². The summed E-state index contributed by atoms with van der Waals surface area (Å²) in [6, 6.07) is 0. The van der Waals surface area contributed by atoms with Crippen LogP contribution in [-0.2, 0) is 23.8 Å². The van der Waals surface area contributed by atoms with Crippen LogP contribution in [0.3, 0.4) is 0 Å². The van der Waals surface area contributed by atoms with Crippen molar-refractivity contribution in [2.24, 2.45) is 0 Å². The molecule has 0 aromatic rings. The number of carbonyl (C=O) groups excluding carboxylic acids is 2. The minimum atomic E-state index is -0.531. The molecule has 1 unspecified atom stereocenters. The zero-order valence-electron chi connectivity index (χ0n) is 39.3. The third kappa shape index (κ3) is 47.1. The maximum atomic E-state index is 12.7. The number of allylic oxidation sites excluding steroid dienone is 4. The SMILES string of the molecule is CCCCCCCC/C=C\CCCCCCCCCCOCC(COC(=O)CCCCCCCCC/C=C\CCCCCCCC)OC(=O)CCCCCCCCC. The first-order valence-electron chi connectivity index (χ1n) is 25.9. The predicted molar refractivity (Wildman–Crippen MR) is 252 cm³/mol.